The van der Waals surface area contributed by atoms with Gasteiger partial charge in [-0.3, -0.25) is 0 Å². The third-order valence-electron chi connectivity index (χ3n) is 10.6. The maximum atomic E-state index is 11.5. The molecule has 248 valence electrons. The molecule has 3 heteroatoms. The van der Waals surface area contributed by atoms with Gasteiger partial charge in [0.2, 0.25) is 0 Å². The van der Waals surface area contributed by atoms with Crippen molar-refractivity contribution in [1.29, 1.82) is 5.41 Å². The van der Waals surface area contributed by atoms with Crippen LogP contribution in [-0.2, 0) is 0 Å². The van der Waals surface area contributed by atoms with Crippen LogP contribution < -0.4 is 0 Å². The highest BCUT2D eigenvalue weighted by atomic mass is 16.3. The third kappa shape index (κ3) is 4.90. The molecule has 1 aliphatic rings. The molecule has 0 fully saturated rings. The van der Waals surface area contributed by atoms with Crippen LogP contribution >= 0.6 is 0 Å². The zero-order chi connectivity index (χ0) is 35.5. The van der Waals surface area contributed by atoms with Crippen LogP contribution in [0.15, 0.2) is 170 Å². The van der Waals surface area contributed by atoms with Crippen LogP contribution in [0.2, 0.25) is 0 Å². The summed E-state index contributed by atoms with van der Waals surface area (Å²) in [6, 6.07) is 57.5. The molecule has 0 saturated heterocycles. The summed E-state index contributed by atoms with van der Waals surface area (Å²) in [5, 5.41) is 24.7. The summed E-state index contributed by atoms with van der Waals surface area (Å²) in [7, 11) is 0. The van der Waals surface area contributed by atoms with E-state index in [1.165, 1.54) is 66.9 Å². The SMILES string of the molecule is N=C/C=C\c1ccc2ccc(-c3ccc(-c4ccc5c6c(cccc46)-c4c-5c(-c5ccccc5)c5ccccc5c4-c4ccccc4)cc3O)nc2c1. The van der Waals surface area contributed by atoms with Gasteiger partial charge in [-0.25, -0.2) is 4.98 Å². The molecular weight excluding hydrogens is 645 g/mol. The molecule has 3 nitrogen and oxygen atoms in total. The average Bonchev–Trinajstić information content (AvgIpc) is 3.54. The van der Waals surface area contributed by atoms with Gasteiger partial charge < -0.3 is 10.5 Å². The zero-order valence-corrected chi connectivity index (χ0v) is 28.7. The Balaban J connectivity index is 1.17. The molecule has 1 aliphatic carbocycles. The summed E-state index contributed by atoms with van der Waals surface area (Å²) in [5.74, 6) is 0.185. The van der Waals surface area contributed by atoms with Gasteiger partial charge in [-0.2, -0.15) is 0 Å². The van der Waals surface area contributed by atoms with Crippen molar-refractivity contribution in [2.24, 2.45) is 0 Å². The number of phenolic OH excluding ortho intramolecular Hbond substituents is 1. The minimum Gasteiger partial charge on any atom is -0.507 e. The van der Waals surface area contributed by atoms with E-state index in [0.717, 1.165) is 33.0 Å². The van der Waals surface area contributed by atoms with Crippen LogP contribution in [0.3, 0.4) is 0 Å². The number of aromatic nitrogens is 1. The van der Waals surface area contributed by atoms with Crippen LogP contribution in [0, 0.1) is 5.41 Å². The van der Waals surface area contributed by atoms with Crippen LogP contribution in [0.4, 0.5) is 0 Å². The summed E-state index contributed by atoms with van der Waals surface area (Å²) in [6.45, 7) is 0. The van der Waals surface area contributed by atoms with Crippen LogP contribution in [0.25, 0.3) is 105 Å². The van der Waals surface area contributed by atoms with Crippen molar-refractivity contribution in [3.63, 3.8) is 0 Å². The Hall–Kier alpha value is -7.10. The summed E-state index contributed by atoms with van der Waals surface area (Å²) in [4.78, 5) is 4.92. The first kappa shape index (κ1) is 30.7. The number of benzene rings is 8. The van der Waals surface area contributed by atoms with Crippen molar-refractivity contribution >= 4 is 44.7 Å². The normalized spacial score (nSPS) is 11.8. The molecule has 53 heavy (non-hydrogen) atoms. The van der Waals surface area contributed by atoms with E-state index in [0.29, 0.717) is 11.3 Å². The van der Waals surface area contributed by atoms with Crippen molar-refractivity contribution in [2.45, 2.75) is 0 Å². The van der Waals surface area contributed by atoms with Crippen molar-refractivity contribution < 1.29 is 5.11 Å². The Bertz CT molecular complexity index is 2870. The smallest absolute Gasteiger partial charge is 0.125 e. The number of hydrogen-bond acceptors (Lipinski definition) is 3. The standard InChI is InChI=1S/C50H32N2O/c51-28-10-11-31-20-21-32-23-27-43(52-44(32)29-31)40-24-22-35(30-45(40)53)36-25-26-42-48-37(36)18-9-19-41(48)49-46(33-12-3-1-4-13-33)38-16-7-8-17-39(38)47(50(42)49)34-14-5-2-6-15-34/h1-30,51,53H/b11-10-,51-28?. The predicted molar refractivity (Wildman–Crippen MR) is 222 cm³/mol. The fourth-order valence-electron chi connectivity index (χ4n) is 8.32. The van der Waals surface area contributed by atoms with Gasteiger partial charge >= 0.3 is 0 Å². The van der Waals surface area contributed by atoms with E-state index < -0.39 is 0 Å². The second-order valence-electron chi connectivity index (χ2n) is 13.6. The van der Waals surface area contributed by atoms with E-state index >= 15 is 0 Å². The number of nitrogens with one attached hydrogen (secondary N) is 1. The lowest BCUT2D eigenvalue weighted by atomic mass is 9.82. The van der Waals surface area contributed by atoms with E-state index in [1.54, 1.807) is 6.08 Å². The minimum atomic E-state index is 0.185. The molecule has 8 aromatic carbocycles. The fraction of sp³-hybridized carbons (Fsp3) is 0. The maximum Gasteiger partial charge on any atom is 0.125 e. The van der Waals surface area contributed by atoms with Crippen LogP contribution in [0.1, 0.15) is 5.56 Å². The first-order valence-corrected chi connectivity index (χ1v) is 17.9. The topological polar surface area (TPSA) is 57.0 Å². The minimum absolute atomic E-state index is 0.185. The first-order chi connectivity index (χ1) is 26.2. The number of nitrogens with zero attached hydrogens (tertiary/aromatic N) is 1. The average molecular weight is 677 g/mol. The Morgan fingerprint density at radius 2 is 1.08 bits per heavy atom. The van der Waals surface area contributed by atoms with Crippen molar-refractivity contribution in [3.05, 3.63) is 175 Å². The Morgan fingerprint density at radius 3 is 1.75 bits per heavy atom. The summed E-state index contributed by atoms with van der Waals surface area (Å²) < 4.78 is 0. The van der Waals surface area contributed by atoms with Crippen molar-refractivity contribution in [1.82, 2.24) is 4.98 Å². The predicted octanol–water partition coefficient (Wildman–Crippen LogP) is 13.2. The zero-order valence-electron chi connectivity index (χ0n) is 28.7. The number of rotatable bonds is 6. The molecule has 0 unspecified atom stereocenters. The van der Waals surface area contributed by atoms with Gasteiger partial charge in [-0.1, -0.05) is 146 Å². The third-order valence-corrected chi connectivity index (χ3v) is 10.6. The number of aromatic hydroxyl groups is 1. The van der Waals surface area contributed by atoms with E-state index in [9.17, 15) is 5.11 Å². The van der Waals surface area contributed by atoms with E-state index in [1.807, 2.05) is 48.5 Å². The number of phenols is 1. The maximum absolute atomic E-state index is 11.5. The highest BCUT2D eigenvalue weighted by molar-refractivity contribution is 6.28. The number of allylic oxidation sites excluding steroid dienone is 1. The lowest BCUT2D eigenvalue weighted by Crippen LogP contribution is -1.93. The van der Waals surface area contributed by atoms with Gasteiger partial charge in [0.25, 0.3) is 0 Å². The number of fused-ring (bicyclic) bond motifs is 5. The summed E-state index contributed by atoms with van der Waals surface area (Å²) in [5.41, 5.74) is 15.1. The van der Waals surface area contributed by atoms with Crippen LogP contribution in [0.5, 0.6) is 5.75 Å². The Labute approximate surface area is 307 Å². The van der Waals surface area contributed by atoms with Crippen LogP contribution in [-0.4, -0.2) is 16.3 Å². The van der Waals surface area contributed by atoms with E-state index in [-0.39, 0.29) is 5.75 Å². The lowest BCUT2D eigenvalue weighted by Gasteiger charge is -2.20. The molecule has 2 N–H and O–H groups in total. The number of hydrogen-bond donors (Lipinski definition) is 2. The highest BCUT2D eigenvalue weighted by Gasteiger charge is 2.31. The largest absolute Gasteiger partial charge is 0.507 e. The van der Waals surface area contributed by atoms with Crippen molar-refractivity contribution in [3.8, 4) is 72.6 Å². The Morgan fingerprint density at radius 1 is 0.472 bits per heavy atom. The lowest BCUT2D eigenvalue weighted by molar-refractivity contribution is 0.477. The molecule has 0 bridgehead atoms. The monoisotopic (exact) mass is 676 g/mol. The highest BCUT2D eigenvalue weighted by Crippen LogP contribution is 2.58. The molecule has 9 aromatic rings. The molecule has 1 aromatic heterocycles. The van der Waals surface area contributed by atoms with Gasteiger partial charge in [0.05, 0.1) is 11.2 Å². The van der Waals surface area contributed by atoms with Gasteiger partial charge in [-0.15, -0.1) is 0 Å². The van der Waals surface area contributed by atoms with E-state index in [4.69, 9.17) is 10.4 Å². The molecule has 1 heterocycles. The van der Waals surface area contributed by atoms with Gasteiger partial charge in [0.15, 0.2) is 0 Å². The Kier molecular flexibility index (Phi) is 7.12. The van der Waals surface area contributed by atoms with Gasteiger partial charge in [0, 0.05) is 17.2 Å². The molecule has 10 rings (SSSR count). The quantitative estimate of drug-likeness (QED) is 0.172. The molecule has 0 atom stereocenters. The molecule has 0 radical (unpaired) electrons. The second-order valence-corrected chi connectivity index (χ2v) is 13.6. The van der Waals surface area contributed by atoms with E-state index in [2.05, 4.69) is 121 Å². The van der Waals surface area contributed by atoms with Gasteiger partial charge in [0.1, 0.15) is 5.75 Å². The molecular formula is C50H32N2O. The second kappa shape index (κ2) is 12.3. The summed E-state index contributed by atoms with van der Waals surface area (Å²) in [6.07, 6.45) is 4.85. The van der Waals surface area contributed by atoms with Gasteiger partial charge in [-0.05, 0) is 113 Å². The molecule has 0 aliphatic heterocycles. The summed E-state index contributed by atoms with van der Waals surface area (Å²) >= 11 is 0. The first-order valence-electron chi connectivity index (χ1n) is 17.9. The molecule has 0 amide bonds. The number of pyridine rings is 1. The molecule has 0 saturated carbocycles. The fourth-order valence-corrected chi connectivity index (χ4v) is 8.32. The molecule has 0 spiro atoms. The van der Waals surface area contributed by atoms with Crippen molar-refractivity contribution in [2.75, 3.05) is 0 Å².